The van der Waals surface area contributed by atoms with Gasteiger partial charge < -0.3 is 0 Å². The number of fused-ring (bicyclic) bond motifs is 4. The second kappa shape index (κ2) is 14.6. The third kappa shape index (κ3) is 5.94. The minimum atomic E-state index is -1.92. The highest BCUT2D eigenvalue weighted by Gasteiger charge is 2.34. The summed E-state index contributed by atoms with van der Waals surface area (Å²) in [7, 11) is -1.92. The highest BCUT2D eigenvalue weighted by Crippen LogP contribution is 2.73. The number of rotatable bonds is 7. The van der Waals surface area contributed by atoms with E-state index in [1.807, 2.05) is 0 Å². The normalized spacial score (nSPS) is 12.0. The summed E-state index contributed by atoms with van der Waals surface area (Å²) in [5.41, 5.74) is 7.40. The van der Waals surface area contributed by atoms with E-state index in [0.717, 1.165) is 0 Å². The third-order valence-corrected chi connectivity index (χ3v) is 15.8. The zero-order valence-corrected chi connectivity index (χ0v) is 33.3. The Kier molecular flexibility index (Phi) is 8.68. The predicted octanol–water partition coefficient (Wildman–Crippen LogP) is 16.6. The van der Waals surface area contributed by atoms with E-state index in [2.05, 4.69) is 243 Å². The van der Waals surface area contributed by atoms with E-state index in [4.69, 9.17) is 0 Å². The molecule has 278 valence electrons. The first-order chi connectivity index (χ1) is 29.3. The largest absolute Gasteiger partial charge is 0.133 e. The Morgan fingerprint density at radius 1 is 0.203 bits per heavy atom. The molecule has 0 nitrogen and oxygen atoms in total. The Morgan fingerprint density at radius 3 is 1.14 bits per heavy atom. The molecule has 0 N–H and O–H groups in total. The number of hydrogen-bond donors (Lipinski definition) is 0. The van der Waals surface area contributed by atoms with Gasteiger partial charge in [0, 0.05) is 19.6 Å². The topological polar surface area (TPSA) is 0 Å². The molecule has 0 aliphatic carbocycles. The summed E-state index contributed by atoms with van der Waals surface area (Å²) in [5, 5.41) is 10.0. The van der Waals surface area contributed by atoms with Gasteiger partial charge in [0.1, 0.15) is 0 Å². The Morgan fingerprint density at radius 2 is 0.593 bits per heavy atom. The van der Waals surface area contributed by atoms with Crippen molar-refractivity contribution < 1.29 is 0 Å². The summed E-state index contributed by atoms with van der Waals surface area (Å²) in [4.78, 5) is 5.25. The number of benzene rings is 11. The molecule has 0 amide bonds. The SMILES string of the molecule is c1ccc(S(c2ccccc2)(c2ccccc2)c2ccc3c(-c4ccc(-c5ccc6ccccc6c5)cc4)c4ccccc4c(-c4ccc5ccccc5c4)c3c2)cc1. The summed E-state index contributed by atoms with van der Waals surface area (Å²) in [5.74, 6) is 0. The molecule has 0 bridgehead atoms. The fourth-order valence-electron chi connectivity index (χ4n) is 9.20. The average molecular weight is 769 g/mol. The van der Waals surface area contributed by atoms with Crippen LogP contribution in [0.1, 0.15) is 0 Å². The van der Waals surface area contributed by atoms with Crippen molar-refractivity contribution in [3.63, 3.8) is 0 Å². The van der Waals surface area contributed by atoms with Gasteiger partial charge in [0.25, 0.3) is 0 Å². The molecular weight excluding hydrogens is 729 g/mol. The molecule has 1 heteroatoms. The maximum atomic E-state index is 2.54. The number of hydrogen-bond acceptors (Lipinski definition) is 0. The van der Waals surface area contributed by atoms with E-state index in [1.54, 1.807) is 0 Å². The molecule has 59 heavy (non-hydrogen) atoms. The Bertz CT molecular complexity index is 3200. The fraction of sp³-hybridized carbons (Fsp3) is 0. The second-order valence-corrected chi connectivity index (χ2v) is 18.4. The van der Waals surface area contributed by atoms with Crippen LogP contribution in [0.5, 0.6) is 0 Å². The lowest BCUT2D eigenvalue weighted by Gasteiger charge is -2.42. The van der Waals surface area contributed by atoms with E-state index in [0.29, 0.717) is 0 Å². The van der Waals surface area contributed by atoms with Crippen molar-refractivity contribution in [1.82, 2.24) is 0 Å². The van der Waals surface area contributed by atoms with Crippen molar-refractivity contribution >= 4 is 53.1 Å². The van der Waals surface area contributed by atoms with Gasteiger partial charge in [0.2, 0.25) is 0 Å². The average Bonchev–Trinajstić information content (AvgIpc) is 3.32. The van der Waals surface area contributed by atoms with E-state index in [1.165, 1.54) is 96.1 Å². The Balaban J connectivity index is 1.22. The van der Waals surface area contributed by atoms with Gasteiger partial charge in [0.15, 0.2) is 0 Å². The molecule has 0 aromatic heterocycles. The molecule has 0 heterocycles. The zero-order valence-electron chi connectivity index (χ0n) is 32.5. The van der Waals surface area contributed by atoms with Crippen molar-refractivity contribution in [2.45, 2.75) is 19.6 Å². The molecule has 0 atom stereocenters. The first-order valence-electron chi connectivity index (χ1n) is 20.3. The minimum absolute atomic E-state index is 1.21. The third-order valence-electron chi connectivity index (χ3n) is 11.9. The van der Waals surface area contributed by atoms with Crippen LogP contribution in [0.25, 0.3) is 76.5 Å². The molecule has 0 fully saturated rings. The molecule has 0 aliphatic rings. The van der Waals surface area contributed by atoms with Crippen LogP contribution in [0, 0.1) is 0 Å². The second-order valence-electron chi connectivity index (χ2n) is 15.3. The van der Waals surface area contributed by atoms with E-state index in [9.17, 15) is 0 Å². The van der Waals surface area contributed by atoms with Gasteiger partial charge in [0.05, 0.1) is 0 Å². The van der Waals surface area contributed by atoms with Crippen molar-refractivity contribution in [3.05, 3.63) is 243 Å². The molecule has 11 aromatic carbocycles. The van der Waals surface area contributed by atoms with Crippen LogP contribution in [0.3, 0.4) is 0 Å². The predicted molar refractivity (Wildman–Crippen MR) is 253 cm³/mol. The van der Waals surface area contributed by atoms with Crippen LogP contribution in [0.4, 0.5) is 0 Å². The molecule has 11 rings (SSSR count). The molecule has 0 saturated heterocycles. The van der Waals surface area contributed by atoms with Crippen LogP contribution in [-0.4, -0.2) is 0 Å². The molecule has 0 saturated carbocycles. The highest BCUT2D eigenvalue weighted by molar-refractivity contribution is 8.34. The van der Waals surface area contributed by atoms with Gasteiger partial charge in [-0.05, 0) is 137 Å². The van der Waals surface area contributed by atoms with Crippen molar-refractivity contribution in [2.24, 2.45) is 0 Å². The summed E-state index contributed by atoms with van der Waals surface area (Å²) >= 11 is 0. The first kappa shape index (κ1) is 35.0. The van der Waals surface area contributed by atoms with Gasteiger partial charge >= 0.3 is 0 Å². The summed E-state index contributed by atoms with van der Waals surface area (Å²) < 4.78 is 0. The Labute approximate surface area is 347 Å². The highest BCUT2D eigenvalue weighted by atomic mass is 32.3. The van der Waals surface area contributed by atoms with Crippen LogP contribution in [0.2, 0.25) is 0 Å². The maximum Gasteiger partial charge on any atom is 0.00295 e. The van der Waals surface area contributed by atoms with Crippen LogP contribution in [-0.2, 0) is 0 Å². The lowest BCUT2D eigenvalue weighted by atomic mass is 9.85. The van der Waals surface area contributed by atoms with Gasteiger partial charge in [-0.3, -0.25) is 0 Å². The maximum absolute atomic E-state index is 2.54. The zero-order chi connectivity index (χ0) is 39.2. The molecule has 0 spiro atoms. The minimum Gasteiger partial charge on any atom is -0.133 e. The summed E-state index contributed by atoms with van der Waals surface area (Å²) in [6, 6.07) is 90.2. The van der Waals surface area contributed by atoms with Crippen LogP contribution >= 0.6 is 10.0 Å². The monoisotopic (exact) mass is 768 g/mol. The van der Waals surface area contributed by atoms with Gasteiger partial charge in [-0.2, -0.15) is 0 Å². The van der Waals surface area contributed by atoms with E-state index >= 15 is 0 Å². The van der Waals surface area contributed by atoms with Crippen molar-refractivity contribution in [3.8, 4) is 33.4 Å². The van der Waals surface area contributed by atoms with Gasteiger partial charge in [-0.25, -0.2) is 0 Å². The Hall–Kier alpha value is -7.19. The molecule has 0 radical (unpaired) electrons. The quantitative estimate of drug-likeness (QED) is 0.142. The fourth-order valence-corrected chi connectivity index (χ4v) is 13.1. The lowest BCUT2D eigenvalue weighted by Crippen LogP contribution is -2.05. The van der Waals surface area contributed by atoms with E-state index in [-0.39, 0.29) is 0 Å². The molecule has 0 aliphatic heterocycles. The van der Waals surface area contributed by atoms with Crippen molar-refractivity contribution in [2.75, 3.05) is 0 Å². The van der Waals surface area contributed by atoms with Crippen LogP contribution in [0.15, 0.2) is 262 Å². The lowest BCUT2D eigenvalue weighted by molar-refractivity contribution is 1.25. The van der Waals surface area contributed by atoms with Crippen LogP contribution < -0.4 is 0 Å². The van der Waals surface area contributed by atoms with Crippen molar-refractivity contribution in [1.29, 1.82) is 0 Å². The molecule has 11 aromatic rings. The summed E-state index contributed by atoms with van der Waals surface area (Å²) in [6.07, 6.45) is 0. The molecule has 0 unspecified atom stereocenters. The smallest absolute Gasteiger partial charge is 0.00295 e. The first-order valence-corrected chi connectivity index (χ1v) is 21.9. The summed E-state index contributed by atoms with van der Waals surface area (Å²) in [6.45, 7) is 0. The van der Waals surface area contributed by atoms with Gasteiger partial charge in [-0.15, -0.1) is 10.0 Å². The van der Waals surface area contributed by atoms with E-state index < -0.39 is 10.0 Å². The van der Waals surface area contributed by atoms with Gasteiger partial charge in [-0.1, -0.05) is 182 Å². The molecular formula is C58H40S. The standard InChI is InChI=1S/C58H40S/c1-4-20-49(21-5-1)59(50-22-6-2-7-23-50,51-24-8-3-9-25-51)52-36-37-55-56(40-52)58(48-35-31-42-17-11-13-19-46(42)39-48)54-27-15-14-26-53(54)57(55)44-32-28-43(29-33-44)47-34-30-41-16-10-12-18-45(41)38-47/h1-40H.